The molecule has 2 heterocycles. The zero-order chi connectivity index (χ0) is 36.3. The number of benzene rings is 8. The Labute approximate surface area is 320 Å². The summed E-state index contributed by atoms with van der Waals surface area (Å²) >= 11 is 0. The minimum absolute atomic E-state index is 0.545. The van der Waals surface area contributed by atoms with Gasteiger partial charge in [0.25, 0.3) is 0 Å². The van der Waals surface area contributed by atoms with E-state index in [2.05, 4.69) is 194 Å². The Morgan fingerprint density at radius 2 is 0.691 bits per heavy atom. The molecule has 0 fully saturated rings. The van der Waals surface area contributed by atoms with Gasteiger partial charge in [0.15, 0.2) is 17.5 Å². The lowest BCUT2D eigenvalue weighted by atomic mass is 9.67. The molecule has 55 heavy (non-hydrogen) atoms. The molecule has 0 radical (unpaired) electrons. The minimum atomic E-state index is -0.545. The van der Waals surface area contributed by atoms with Crippen LogP contribution in [-0.4, -0.2) is 15.0 Å². The molecule has 3 nitrogen and oxygen atoms in total. The lowest BCUT2D eigenvalue weighted by Gasteiger charge is -2.34. The highest BCUT2D eigenvalue weighted by atomic mass is 15.0. The van der Waals surface area contributed by atoms with Crippen molar-refractivity contribution in [1.29, 1.82) is 0 Å². The Morgan fingerprint density at radius 3 is 1.35 bits per heavy atom. The van der Waals surface area contributed by atoms with Gasteiger partial charge in [-0.3, -0.25) is 0 Å². The minimum Gasteiger partial charge on any atom is -0.208 e. The fraction of sp³-hybridized carbons (Fsp3) is 0.0192. The number of fused-ring (bicyclic) bond motifs is 6. The molecule has 0 spiro atoms. The van der Waals surface area contributed by atoms with Crippen LogP contribution in [0.1, 0.15) is 22.3 Å². The smallest absolute Gasteiger partial charge is 0.164 e. The van der Waals surface area contributed by atoms with E-state index < -0.39 is 5.41 Å². The lowest BCUT2D eigenvalue weighted by Crippen LogP contribution is -2.28. The Kier molecular flexibility index (Phi) is 7.08. The highest BCUT2D eigenvalue weighted by Crippen LogP contribution is 2.61. The monoisotopic (exact) mass is 699 g/mol. The largest absolute Gasteiger partial charge is 0.208 e. The molecule has 0 atom stereocenters. The van der Waals surface area contributed by atoms with Gasteiger partial charge in [-0.2, -0.15) is 0 Å². The summed E-state index contributed by atoms with van der Waals surface area (Å²) in [6.07, 6.45) is 0. The number of rotatable bonds is 5. The van der Waals surface area contributed by atoms with Gasteiger partial charge in [0, 0.05) is 16.7 Å². The normalized spacial score (nSPS) is 12.9. The van der Waals surface area contributed by atoms with Crippen molar-refractivity contribution in [2.75, 3.05) is 0 Å². The second kappa shape index (κ2) is 12.4. The fourth-order valence-corrected chi connectivity index (χ4v) is 8.97. The van der Waals surface area contributed by atoms with Crippen molar-refractivity contribution < 1.29 is 0 Å². The van der Waals surface area contributed by atoms with Gasteiger partial charge >= 0.3 is 0 Å². The third-order valence-electron chi connectivity index (χ3n) is 11.4. The molecule has 11 rings (SSSR count). The molecular weight excluding hydrogens is 667 g/mol. The van der Waals surface area contributed by atoms with Crippen LogP contribution in [0.5, 0.6) is 0 Å². The maximum Gasteiger partial charge on any atom is 0.164 e. The summed E-state index contributed by atoms with van der Waals surface area (Å²) in [5, 5.41) is 0. The van der Waals surface area contributed by atoms with Crippen molar-refractivity contribution >= 4 is 0 Å². The molecule has 2 bridgehead atoms. The highest BCUT2D eigenvalue weighted by molar-refractivity contribution is 6.03. The van der Waals surface area contributed by atoms with E-state index in [0.29, 0.717) is 17.5 Å². The van der Waals surface area contributed by atoms with Gasteiger partial charge < -0.3 is 0 Å². The molecule has 0 unspecified atom stereocenters. The van der Waals surface area contributed by atoms with E-state index in [1.54, 1.807) is 0 Å². The van der Waals surface area contributed by atoms with Crippen molar-refractivity contribution in [3.8, 4) is 78.7 Å². The average molecular weight is 700 g/mol. The van der Waals surface area contributed by atoms with E-state index in [1.165, 1.54) is 50.1 Å². The second-order valence-corrected chi connectivity index (χ2v) is 14.3. The number of aromatic nitrogens is 3. The summed E-state index contributed by atoms with van der Waals surface area (Å²) in [5.41, 5.74) is 16.7. The van der Waals surface area contributed by atoms with Crippen LogP contribution in [-0.2, 0) is 5.41 Å². The van der Waals surface area contributed by atoms with Crippen molar-refractivity contribution in [2.45, 2.75) is 5.41 Å². The van der Waals surface area contributed by atoms with E-state index in [-0.39, 0.29) is 0 Å². The van der Waals surface area contributed by atoms with Gasteiger partial charge in [-0.25, -0.2) is 15.0 Å². The van der Waals surface area contributed by atoms with Crippen molar-refractivity contribution in [2.24, 2.45) is 0 Å². The molecule has 8 aromatic carbocycles. The molecule has 2 aliphatic rings. The summed E-state index contributed by atoms with van der Waals surface area (Å²) in [6.45, 7) is 0. The quantitative estimate of drug-likeness (QED) is 0.179. The van der Waals surface area contributed by atoms with Gasteiger partial charge in [-0.1, -0.05) is 194 Å². The van der Waals surface area contributed by atoms with Gasteiger partial charge in [-0.15, -0.1) is 0 Å². The Morgan fingerprint density at radius 1 is 0.273 bits per heavy atom. The number of hydrogen-bond donors (Lipinski definition) is 0. The van der Waals surface area contributed by atoms with Crippen LogP contribution in [0.25, 0.3) is 78.7 Å². The van der Waals surface area contributed by atoms with Crippen LogP contribution in [0.15, 0.2) is 200 Å². The molecule has 256 valence electrons. The zero-order valence-electron chi connectivity index (χ0n) is 29.9. The number of hydrogen-bond acceptors (Lipinski definition) is 3. The Hall–Kier alpha value is -7.23. The summed E-state index contributed by atoms with van der Waals surface area (Å²) in [7, 11) is 0. The third kappa shape index (κ3) is 4.80. The lowest BCUT2D eigenvalue weighted by molar-refractivity contribution is 0.768. The zero-order valence-corrected chi connectivity index (χ0v) is 29.9. The van der Waals surface area contributed by atoms with Crippen molar-refractivity contribution in [1.82, 2.24) is 15.0 Å². The van der Waals surface area contributed by atoms with E-state index in [9.17, 15) is 0 Å². The van der Waals surface area contributed by atoms with Crippen LogP contribution >= 0.6 is 0 Å². The van der Waals surface area contributed by atoms with Gasteiger partial charge in [0.05, 0.1) is 5.41 Å². The molecule has 0 N–H and O–H groups in total. The van der Waals surface area contributed by atoms with Crippen LogP contribution in [0.2, 0.25) is 0 Å². The Balaban J connectivity index is 1.15. The SMILES string of the molecule is c1ccc(-c2ccc(-c3cccc(-c4nc5nc(n4)-c4cccc6c4-c4c(cccc4C6(c4ccccc4)c4ccccc4)-c4ccccc4-5)c3)cc2)cc1. The van der Waals surface area contributed by atoms with Gasteiger partial charge in [0.1, 0.15) is 0 Å². The second-order valence-electron chi connectivity index (χ2n) is 14.3. The van der Waals surface area contributed by atoms with E-state index >= 15 is 0 Å². The first-order valence-electron chi connectivity index (χ1n) is 18.8. The van der Waals surface area contributed by atoms with Crippen LogP contribution in [0, 0.1) is 0 Å². The fourth-order valence-electron chi connectivity index (χ4n) is 8.97. The molecule has 0 amide bonds. The molecule has 0 saturated heterocycles. The molecular formula is C52H33N3. The average Bonchev–Trinajstić information content (AvgIpc) is 3.60. The molecule has 1 aliphatic heterocycles. The number of nitrogens with zero attached hydrogens (tertiary/aromatic N) is 3. The van der Waals surface area contributed by atoms with Crippen LogP contribution in [0.3, 0.4) is 0 Å². The van der Waals surface area contributed by atoms with E-state index in [0.717, 1.165) is 33.4 Å². The van der Waals surface area contributed by atoms with Crippen molar-refractivity contribution in [3.63, 3.8) is 0 Å². The van der Waals surface area contributed by atoms with Crippen LogP contribution < -0.4 is 0 Å². The predicted octanol–water partition coefficient (Wildman–Crippen LogP) is 12.6. The first-order chi connectivity index (χ1) is 27.3. The molecule has 0 saturated carbocycles. The highest BCUT2D eigenvalue weighted by Gasteiger charge is 2.48. The summed E-state index contributed by atoms with van der Waals surface area (Å²) < 4.78 is 0. The topological polar surface area (TPSA) is 38.7 Å². The van der Waals surface area contributed by atoms with Gasteiger partial charge in [-0.05, 0) is 72.8 Å². The van der Waals surface area contributed by atoms with Crippen molar-refractivity contribution in [3.05, 3.63) is 222 Å². The predicted molar refractivity (Wildman–Crippen MR) is 223 cm³/mol. The van der Waals surface area contributed by atoms with E-state index in [1.807, 2.05) is 6.07 Å². The first kappa shape index (κ1) is 31.3. The van der Waals surface area contributed by atoms with Crippen LogP contribution in [0.4, 0.5) is 0 Å². The summed E-state index contributed by atoms with van der Waals surface area (Å²) in [6, 6.07) is 71.7. The maximum absolute atomic E-state index is 5.33. The molecule has 1 aromatic heterocycles. The molecule has 3 heteroatoms. The third-order valence-corrected chi connectivity index (χ3v) is 11.4. The van der Waals surface area contributed by atoms with Gasteiger partial charge in [0.2, 0.25) is 0 Å². The van der Waals surface area contributed by atoms with E-state index in [4.69, 9.17) is 15.0 Å². The molecule has 1 aliphatic carbocycles. The summed E-state index contributed by atoms with van der Waals surface area (Å²) in [5.74, 6) is 1.99. The standard InChI is InChI=1S/C52H33N3/c1-4-15-34(16-5-1)35-29-31-36(32-30-35)37-17-12-18-38(33-37)49-53-50-43-24-11-10-23-41(43)42-25-13-27-45-47(42)48-44(51(54-49)55-50)26-14-28-46(48)52(45,39-19-6-2-7-20-39)40-21-8-3-9-22-40/h1-33H. The molecule has 9 aromatic rings. The first-order valence-corrected chi connectivity index (χ1v) is 18.8. The maximum atomic E-state index is 5.33. The Bertz CT molecular complexity index is 2860. The summed E-state index contributed by atoms with van der Waals surface area (Å²) in [4.78, 5) is 15.9.